The van der Waals surface area contributed by atoms with Gasteiger partial charge in [0.2, 0.25) is 0 Å². The molecule has 1 fully saturated rings. The second-order valence-electron chi connectivity index (χ2n) is 8.31. The molecule has 0 N–H and O–H groups in total. The normalized spacial score (nSPS) is 17.5. The lowest BCUT2D eigenvalue weighted by Crippen LogP contribution is -2.33. The van der Waals surface area contributed by atoms with Gasteiger partial charge < -0.3 is 9.47 Å². The number of pyridine rings is 2. The maximum atomic E-state index is 6.20. The molecular weight excluding hydrogens is 392 g/mol. The Kier molecular flexibility index (Phi) is 5.28. The molecule has 1 aromatic carbocycles. The molecule has 1 saturated heterocycles. The van der Waals surface area contributed by atoms with E-state index in [1.165, 1.54) is 24.9 Å². The first-order valence-electron chi connectivity index (χ1n) is 10.5. The molecule has 5 heteroatoms. The van der Waals surface area contributed by atoms with Crippen molar-refractivity contribution in [2.75, 3.05) is 20.1 Å². The van der Waals surface area contributed by atoms with Crippen molar-refractivity contribution >= 4 is 22.6 Å². The van der Waals surface area contributed by atoms with Crippen molar-refractivity contribution in [2.45, 2.75) is 19.4 Å². The summed E-state index contributed by atoms with van der Waals surface area (Å²) in [6.45, 7) is 3.38. The monoisotopic (exact) mass is 416 g/mol. The topological polar surface area (TPSA) is 34.0 Å². The van der Waals surface area contributed by atoms with Gasteiger partial charge in [0, 0.05) is 59.6 Å². The molecule has 1 aliphatic heterocycles. The van der Waals surface area contributed by atoms with Crippen molar-refractivity contribution in [1.29, 1.82) is 0 Å². The van der Waals surface area contributed by atoms with Crippen LogP contribution in [0, 0.1) is 5.92 Å². The van der Waals surface area contributed by atoms with Gasteiger partial charge in [-0.15, -0.1) is 0 Å². The molecular formula is C25H25ClN4. The minimum absolute atomic E-state index is 0.670. The van der Waals surface area contributed by atoms with Crippen molar-refractivity contribution in [3.8, 4) is 22.3 Å². The first kappa shape index (κ1) is 19.3. The van der Waals surface area contributed by atoms with Crippen LogP contribution in [-0.4, -0.2) is 39.6 Å². The van der Waals surface area contributed by atoms with Gasteiger partial charge in [-0.3, -0.25) is 9.97 Å². The molecule has 0 amide bonds. The van der Waals surface area contributed by atoms with Crippen LogP contribution in [0.5, 0.6) is 0 Å². The largest absolute Gasteiger partial charge is 0.345 e. The van der Waals surface area contributed by atoms with E-state index in [1.807, 2.05) is 42.9 Å². The predicted octanol–water partition coefficient (Wildman–Crippen LogP) is 5.76. The molecule has 152 valence electrons. The van der Waals surface area contributed by atoms with E-state index in [0.717, 1.165) is 45.9 Å². The fraction of sp³-hybridized carbons (Fsp3) is 0.280. The van der Waals surface area contributed by atoms with E-state index >= 15 is 0 Å². The summed E-state index contributed by atoms with van der Waals surface area (Å²) in [4.78, 5) is 11.7. The number of aromatic nitrogens is 3. The van der Waals surface area contributed by atoms with Crippen LogP contribution in [0.25, 0.3) is 33.3 Å². The molecule has 1 aliphatic rings. The zero-order chi connectivity index (χ0) is 20.5. The summed E-state index contributed by atoms with van der Waals surface area (Å²) < 4.78 is 2.38. The van der Waals surface area contributed by atoms with E-state index in [1.54, 1.807) is 0 Å². The van der Waals surface area contributed by atoms with Crippen molar-refractivity contribution in [1.82, 2.24) is 19.4 Å². The van der Waals surface area contributed by atoms with Crippen molar-refractivity contribution in [3.63, 3.8) is 0 Å². The Morgan fingerprint density at radius 1 is 1.07 bits per heavy atom. The summed E-state index contributed by atoms with van der Waals surface area (Å²) in [7, 11) is 2.22. The van der Waals surface area contributed by atoms with E-state index in [9.17, 15) is 0 Å². The van der Waals surface area contributed by atoms with E-state index in [2.05, 4.69) is 45.9 Å². The Hall–Kier alpha value is -2.69. The van der Waals surface area contributed by atoms with Gasteiger partial charge in [0.25, 0.3) is 0 Å². The summed E-state index contributed by atoms with van der Waals surface area (Å²) in [5.41, 5.74) is 6.56. The average molecular weight is 417 g/mol. The second-order valence-corrected chi connectivity index (χ2v) is 8.75. The Labute approximate surface area is 182 Å². The zero-order valence-corrected chi connectivity index (χ0v) is 17.9. The molecule has 5 rings (SSSR count). The van der Waals surface area contributed by atoms with Crippen LogP contribution in [0.1, 0.15) is 12.8 Å². The number of rotatable bonds is 4. The van der Waals surface area contributed by atoms with Crippen LogP contribution in [-0.2, 0) is 6.54 Å². The number of hydrogen-bond acceptors (Lipinski definition) is 3. The number of halogens is 1. The summed E-state index contributed by atoms with van der Waals surface area (Å²) in [5.74, 6) is 0.670. The molecule has 0 spiro atoms. The zero-order valence-electron chi connectivity index (χ0n) is 17.1. The first-order valence-corrected chi connectivity index (χ1v) is 10.9. The van der Waals surface area contributed by atoms with Gasteiger partial charge in [-0.05, 0) is 68.2 Å². The highest BCUT2D eigenvalue weighted by Gasteiger charge is 2.20. The third-order valence-electron chi connectivity index (χ3n) is 6.02. The number of benzene rings is 1. The van der Waals surface area contributed by atoms with Gasteiger partial charge in [0.15, 0.2) is 0 Å². The highest BCUT2D eigenvalue weighted by atomic mass is 35.5. The predicted molar refractivity (Wildman–Crippen MR) is 124 cm³/mol. The van der Waals surface area contributed by atoms with Gasteiger partial charge >= 0.3 is 0 Å². The van der Waals surface area contributed by atoms with Gasteiger partial charge in [-0.1, -0.05) is 23.7 Å². The number of fused-ring (bicyclic) bond motifs is 1. The van der Waals surface area contributed by atoms with Gasteiger partial charge in [-0.2, -0.15) is 0 Å². The van der Waals surface area contributed by atoms with E-state index in [-0.39, 0.29) is 0 Å². The van der Waals surface area contributed by atoms with Crippen LogP contribution in [0.3, 0.4) is 0 Å². The molecule has 30 heavy (non-hydrogen) atoms. The fourth-order valence-corrected chi connectivity index (χ4v) is 4.79. The molecule has 4 heterocycles. The summed E-state index contributed by atoms with van der Waals surface area (Å²) in [6, 6.07) is 14.3. The standard InChI is InChI=1S/C25H25ClN4/c1-29-10-4-5-18(15-29)16-30-17-23(25-24(30)8-3-9-28-25)21-11-20(13-27-14-21)19-6-2-7-22(26)12-19/h2-3,6-9,11-14,17-18H,4-5,10,15-16H2,1H3. The Morgan fingerprint density at radius 3 is 2.83 bits per heavy atom. The van der Waals surface area contributed by atoms with Gasteiger partial charge in [-0.25, -0.2) is 0 Å². The van der Waals surface area contributed by atoms with E-state index in [4.69, 9.17) is 16.6 Å². The molecule has 0 bridgehead atoms. The van der Waals surface area contributed by atoms with Crippen molar-refractivity contribution < 1.29 is 0 Å². The molecule has 0 aliphatic carbocycles. The third-order valence-corrected chi connectivity index (χ3v) is 6.26. The first-order chi connectivity index (χ1) is 14.7. The Morgan fingerprint density at radius 2 is 1.97 bits per heavy atom. The molecule has 1 atom stereocenters. The van der Waals surface area contributed by atoms with Crippen LogP contribution in [0.4, 0.5) is 0 Å². The third kappa shape index (κ3) is 3.85. The number of likely N-dealkylation sites (tertiary alicyclic amines) is 1. The second kappa shape index (κ2) is 8.21. The lowest BCUT2D eigenvalue weighted by molar-refractivity contribution is 0.196. The minimum Gasteiger partial charge on any atom is -0.345 e. The Bertz CT molecular complexity index is 1180. The molecule has 0 radical (unpaired) electrons. The fourth-order valence-electron chi connectivity index (χ4n) is 4.60. The van der Waals surface area contributed by atoms with Crippen LogP contribution in [0.2, 0.25) is 5.02 Å². The highest BCUT2D eigenvalue weighted by Crippen LogP contribution is 2.33. The van der Waals surface area contributed by atoms with Crippen molar-refractivity contribution in [2.24, 2.45) is 5.92 Å². The van der Waals surface area contributed by atoms with E-state index in [0.29, 0.717) is 5.92 Å². The summed E-state index contributed by atoms with van der Waals surface area (Å²) in [6.07, 6.45) is 10.5. The quantitative estimate of drug-likeness (QED) is 0.424. The molecule has 4 nitrogen and oxygen atoms in total. The highest BCUT2D eigenvalue weighted by molar-refractivity contribution is 6.30. The summed E-state index contributed by atoms with van der Waals surface area (Å²) >= 11 is 6.20. The minimum atomic E-state index is 0.670. The van der Waals surface area contributed by atoms with Gasteiger partial charge in [0.05, 0.1) is 11.0 Å². The van der Waals surface area contributed by atoms with Crippen LogP contribution >= 0.6 is 11.6 Å². The maximum Gasteiger partial charge on any atom is 0.0959 e. The van der Waals surface area contributed by atoms with E-state index < -0.39 is 0 Å². The number of hydrogen-bond donors (Lipinski definition) is 0. The summed E-state index contributed by atoms with van der Waals surface area (Å²) in [5, 5.41) is 0.730. The molecule has 4 aromatic rings. The lowest BCUT2D eigenvalue weighted by Gasteiger charge is -2.30. The maximum absolute atomic E-state index is 6.20. The lowest BCUT2D eigenvalue weighted by atomic mass is 9.98. The smallest absolute Gasteiger partial charge is 0.0959 e. The molecule has 1 unspecified atom stereocenters. The number of nitrogens with zero attached hydrogens (tertiary/aromatic N) is 4. The molecule has 3 aromatic heterocycles. The van der Waals surface area contributed by atoms with Crippen LogP contribution < -0.4 is 0 Å². The van der Waals surface area contributed by atoms with Crippen molar-refractivity contribution in [3.05, 3.63) is 72.3 Å². The average Bonchev–Trinajstić information content (AvgIpc) is 3.12. The van der Waals surface area contributed by atoms with Crippen LogP contribution in [0.15, 0.2) is 67.3 Å². The Balaban J connectivity index is 1.54. The van der Waals surface area contributed by atoms with Gasteiger partial charge in [0.1, 0.15) is 0 Å². The number of piperidine rings is 1. The molecule has 0 saturated carbocycles. The SMILES string of the molecule is CN1CCCC(Cn2cc(-c3cncc(-c4cccc(Cl)c4)c3)c3ncccc32)C1.